The lowest BCUT2D eigenvalue weighted by molar-refractivity contribution is -0.137. The van der Waals surface area contributed by atoms with E-state index in [9.17, 15) is 26.8 Å². The number of nitrogens with one attached hydrogen (secondary N) is 1. The van der Waals surface area contributed by atoms with Crippen molar-refractivity contribution >= 4 is 27.6 Å². The number of ether oxygens (including phenoxy) is 1. The van der Waals surface area contributed by atoms with E-state index in [4.69, 9.17) is 5.11 Å². The molecule has 0 spiro atoms. The number of carboxylic acids is 1. The molecule has 196 valence electrons. The molecule has 2 aromatic rings. The molecule has 2 N–H and O–H groups in total. The molecule has 1 fully saturated rings. The van der Waals surface area contributed by atoms with Crippen molar-refractivity contribution in [3.63, 3.8) is 0 Å². The lowest BCUT2D eigenvalue weighted by Gasteiger charge is -2.49. The number of hydrogen-bond donors (Lipinski definition) is 2. The molecular formula is C24H29F2N3O6S. The van der Waals surface area contributed by atoms with Crippen molar-refractivity contribution in [3.8, 4) is 5.88 Å². The second-order valence-electron chi connectivity index (χ2n) is 9.04. The number of anilines is 1. The number of amides is 1. The number of aryl methyl sites for hydroxylation is 1. The molecule has 2 heterocycles. The summed E-state index contributed by atoms with van der Waals surface area (Å²) in [5, 5.41) is 11.4. The molecule has 12 heteroatoms. The zero-order chi connectivity index (χ0) is 26.7. The SMILES string of the molecule is Cc1ccc(NC(=O)C2(c3ccccc3C(C)C)CN(S(=O)(=O)CCCC(=O)O)C2)c(OC(F)F)n1. The highest BCUT2D eigenvalue weighted by atomic mass is 32.2. The molecule has 0 aliphatic carbocycles. The van der Waals surface area contributed by atoms with E-state index in [2.05, 4.69) is 15.0 Å². The van der Waals surface area contributed by atoms with E-state index in [0.29, 0.717) is 11.3 Å². The predicted molar refractivity (Wildman–Crippen MR) is 129 cm³/mol. The number of halogens is 2. The predicted octanol–water partition coefficient (Wildman–Crippen LogP) is 3.50. The van der Waals surface area contributed by atoms with Gasteiger partial charge in [-0.05, 0) is 42.5 Å². The van der Waals surface area contributed by atoms with Crippen molar-refractivity contribution in [1.82, 2.24) is 9.29 Å². The number of aromatic nitrogens is 1. The fraction of sp³-hybridized carbons (Fsp3) is 0.458. The molecule has 1 aromatic carbocycles. The Kier molecular flexibility index (Phi) is 8.29. The Labute approximate surface area is 208 Å². The number of benzene rings is 1. The number of hydrogen-bond acceptors (Lipinski definition) is 6. The van der Waals surface area contributed by atoms with E-state index in [1.54, 1.807) is 19.1 Å². The number of pyridine rings is 1. The summed E-state index contributed by atoms with van der Waals surface area (Å²) in [5.41, 5.74) is 0.529. The molecule has 1 amide bonds. The van der Waals surface area contributed by atoms with Crippen molar-refractivity contribution in [2.45, 2.75) is 51.6 Å². The average molecular weight is 526 g/mol. The van der Waals surface area contributed by atoms with Crippen molar-refractivity contribution in [2.24, 2.45) is 0 Å². The summed E-state index contributed by atoms with van der Waals surface area (Å²) < 4.78 is 57.1. The molecule has 0 bridgehead atoms. The molecular weight excluding hydrogens is 496 g/mol. The summed E-state index contributed by atoms with van der Waals surface area (Å²) in [5.74, 6) is -2.47. The van der Waals surface area contributed by atoms with Crippen LogP contribution >= 0.6 is 0 Å². The third-order valence-corrected chi connectivity index (χ3v) is 7.91. The lowest BCUT2D eigenvalue weighted by atomic mass is 9.71. The van der Waals surface area contributed by atoms with Gasteiger partial charge in [-0.3, -0.25) is 9.59 Å². The first-order chi connectivity index (χ1) is 16.9. The molecule has 1 aliphatic heterocycles. The standard InChI is InChI=1S/C24H29F2N3O6S/c1-15(2)17-7-4-5-8-18(17)24(13-29(14-24)36(33,34)12-6-9-20(30)31)22(32)28-19-11-10-16(3)27-21(19)35-23(25)26/h4-5,7-8,10-11,15,23H,6,9,12-14H2,1-3H3,(H,28,32)(H,30,31). The maximum absolute atomic E-state index is 13.7. The summed E-state index contributed by atoms with van der Waals surface area (Å²) >= 11 is 0. The summed E-state index contributed by atoms with van der Waals surface area (Å²) in [6.07, 6.45) is -0.346. The zero-order valence-corrected chi connectivity index (χ0v) is 21.0. The Balaban J connectivity index is 1.95. The van der Waals surface area contributed by atoms with Gasteiger partial charge in [-0.15, -0.1) is 0 Å². The van der Waals surface area contributed by atoms with E-state index in [-0.39, 0.29) is 43.3 Å². The van der Waals surface area contributed by atoms with Gasteiger partial charge in [0.05, 0.1) is 5.75 Å². The Morgan fingerprint density at radius 2 is 1.86 bits per heavy atom. The third-order valence-electron chi connectivity index (χ3n) is 6.06. The van der Waals surface area contributed by atoms with Crippen LogP contribution in [0.15, 0.2) is 36.4 Å². The largest absolute Gasteiger partial charge is 0.481 e. The van der Waals surface area contributed by atoms with Crippen LogP contribution in [0, 0.1) is 6.92 Å². The fourth-order valence-electron chi connectivity index (χ4n) is 4.20. The molecule has 1 aliphatic rings. The quantitative estimate of drug-likeness (QED) is 0.460. The van der Waals surface area contributed by atoms with Gasteiger partial charge < -0.3 is 15.2 Å². The Hall–Kier alpha value is -3.12. The second-order valence-corrected chi connectivity index (χ2v) is 11.1. The number of alkyl halides is 2. The molecule has 0 saturated carbocycles. The first kappa shape index (κ1) is 27.5. The molecule has 0 atom stereocenters. The van der Waals surface area contributed by atoms with E-state index in [1.807, 2.05) is 26.0 Å². The number of rotatable bonds is 11. The van der Waals surface area contributed by atoms with Gasteiger partial charge in [-0.1, -0.05) is 38.1 Å². The summed E-state index contributed by atoms with van der Waals surface area (Å²) in [7, 11) is -3.81. The minimum absolute atomic E-state index is 0.0193. The fourth-order valence-corrected chi connectivity index (χ4v) is 5.81. The number of sulfonamides is 1. The van der Waals surface area contributed by atoms with Crippen LogP contribution in [0.2, 0.25) is 0 Å². The average Bonchev–Trinajstić information content (AvgIpc) is 2.74. The van der Waals surface area contributed by atoms with Crippen LogP contribution in [-0.4, -0.2) is 60.1 Å². The normalized spacial score (nSPS) is 15.5. The Morgan fingerprint density at radius 3 is 2.47 bits per heavy atom. The van der Waals surface area contributed by atoms with Crippen LogP contribution in [0.4, 0.5) is 14.5 Å². The zero-order valence-electron chi connectivity index (χ0n) is 20.2. The highest BCUT2D eigenvalue weighted by molar-refractivity contribution is 7.89. The molecule has 0 unspecified atom stereocenters. The van der Waals surface area contributed by atoms with Gasteiger partial charge in [0.2, 0.25) is 21.8 Å². The first-order valence-electron chi connectivity index (χ1n) is 11.4. The van der Waals surface area contributed by atoms with Crippen LogP contribution in [-0.2, 0) is 25.0 Å². The maximum Gasteiger partial charge on any atom is 0.388 e. The molecule has 36 heavy (non-hydrogen) atoms. The highest BCUT2D eigenvalue weighted by Crippen LogP contribution is 2.41. The van der Waals surface area contributed by atoms with Crippen LogP contribution in [0.3, 0.4) is 0 Å². The molecule has 0 radical (unpaired) electrons. The highest BCUT2D eigenvalue weighted by Gasteiger charge is 2.55. The van der Waals surface area contributed by atoms with E-state index in [1.165, 1.54) is 12.1 Å². The summed E-state index contributed by atoms with van der Waals surface area (Å²) in [6.45, 7) is 1.97. The van der Waals surface area contributed by atoms with Crippen molar-refractivity contribution in [3.05, 3.63) is 53.2 Å². The Morgan fingerprint density at radius 1 is 1.19 bits per heavy atom. The minimum atomic E-state index is -3.81. The van der Waals surface area contributed by atoms with Gasteiger partial charge in [0.25, 0.3) is 0 Å². The summed E-state index contributed by atoms with van der Waals surface area (Å²) in [6, 6.07) is 10.1. The molecule has 1 saturated heterocycles. The minimum Gasteiger partial charge on any atom is -0.481 e. The monoisotopic (exact) mass is 525 g/mol. The number of aliphatic carboxylic acids is 1. The third kappa shape index (κ3) is 5.98. The van der Waals surface area contributed by atoms with Crippen molar-refractivity contribution < 1.29 is 36.6 Å². The van der Waals surface area contributed by atoms with Crippen LogP contribution in [0.5, 0.6) is 5.88 Å². The van der Waals surface area contributed by atoms with E-state index < -0.39 is 39.8 Å². The number of carboxylic acid groups (broad SMARTS) is 1. The maximum atomic E-state index is 13.7. The van der Waals surface area contributed by atoms with Gasteiger partial charge in [-0.25, -0.2) is 13.4 Å². The first-order valence-corrected chi connectivity index (χ1v) is 13.0. The van der Waals surface area contributed by atoms with Crippen molar-refractivity contribution in [2.75, 3.05) is 24.2 Å². The van der Waals surface area contributed by atoms with Crippen LogP contribution in [0.25, 0.3) is 0 Å². The van der Waals surface area contributed by atoms with E-state index >= 15 is 0 Å². The van der Waals surface area contributed by atoms with Gasteiger partial charge in [0.1, 0.15) is 11.1 Å². The molecule has 1 aromatic heterocycles. The molecule has 9 nitrogen and oxygen atoms in total. The second kappa shape index (κ2) is 10.9. The van der Waals surface area contributed by atoms with Gasteiger partial charge in [-0.2, -0.15) is 13.1 Å². The summed E-state index contributed by atoms with van der Waals surface area (Å²) in [4.78, 5) is 28.4. The Bertz CT molecular complexity index is 1230. The van der Waals surface area contributed by atoms with Crippen LogP contribution in [0.1, 0.15) is 49.4 Å². The lowest BCUT2D eigenvalue weighted by Crippen LogP contribution is -2.66. The van der Waals surface area contributed by atoms with Gasteiger partial charge >= 0.3 is 12.6 Å². The van der Waals surface area contributed by atoms with Crippen molar-refractivity contribution in [1.29, 1.82) is 0 Å². The van der Waals surface area contributed by atoms with Crippen LogP contribution < -0.4 is 10.1 Å². The van der Waals surface area contributed by atoms with E-state index in [0.717, 1.165) is 9.87 Å². The number of carbonyl (C=O) groups excluding carboxylic acids is 1. The number of nitrogens with zero attached hydrogens (tertiary/aromatic N) is 2. The number of carbonyl (C=O) groups is 2. The van der Waals surface area contributed by atoms with Gasteiger partial charge in [0, 0.05) is 25.2 Å². The smallest absolute Gasteiger partial charge is 0.388 e. The topological polar surface area (TPSA) is 126 Å². The van der Waals surface area contributed by atoms with Gasteiger partial charge in [0.15, 0.2) is 0 Å². The molecule has 3 rings (SSSR count).